The molecule has 90 valence electrons. The Labute approximate surface area is 98.0 Å². The summed E-state index contributed by atoms with van der Waals surface area (Å²) in [5.41, 5.74) is -0.0798. The number of aromatic nitrogens is 5. The Kier molecular flexibility index (Phi) is 2.40. The molecule has 7 heteroatoms. The summed E-state index contributed by atoms with van der Waals surface area (Å²) in [6.45, 7) is 4.06. The van der Waals surface area contributed by atoms with Crippen molar-refractivity contribution < 1.29 is 4.52 Å². The number of nitrogens with zero attached hydrogens (tertiary/aromatic N) is 4. The van der Waals surface area contributed by atoms with Crippen LogP contribution in [0.5, 0.6) is 0 Å². The molecule has 7 nitrogen and oxygen atoms in total. The third kappa shape index (κ3) is 1.82. The van der Waals surface area contributed by atoms with Crippen LogP contribution in [0.15, 0.2) is 10.9 Å². The van der Waals surface area contributed by atoms with Crippen molar-refractivity contribution in [1.29, 1.82) is 0 Å². The second-order valence-corrected chi connectivity index (χ2v) is 4.60. The molecule has 0 aliphatic carbocycles. The van der Waals surface area contributed by atoms with Gasteiger partial charge >= 0.3 is 0 Å². The van der Waals surface area contributed by atoms with Crippen molar-refractivity contribution in [2.45, 2.75) is 25.2 Å². The first-order chi connectivity index (χ1) is 8.28. The van der Waals surface area contributed by atoms with Gasteiger partial charge in [-0.1, -0.05) is 5.16 Å². The first-order valence-electron chi connectivity index (χ1n) is 5.69. The summed E-state index contributed by atoms with van der Waals surface area (Å²) in [6, 6.07) is 0. The minimum Gasteiger partial charge on any atom is -0.338 e. The maximum Gasteiger partial charge on any atom is 0.239 e. The topological polar surface area (TPSA) is 92.5 Å². The van der Waals surface area contributed by atoms with Crippen molar-refractivity contribution in [1.82, 2.24) is 30.6 Å². The number of piperidine rings is 1. The molecular formula is C10H14N6O. The molecule has 3 rings (SSSR count). The Morgan fingerprint density at radius 1 is 1.47 bits per heavy atom. The van der Waals surface area contributed by atoms with Crippen LogP contribution in [0.2, 0.25) is 0 Å². The highest BCUT2D eigenvalue weighted by molar-refractivity contribution is 5.40. The molecule has 3 heterocycles. The Morgan fingerprint density at radius 3 is 3.12 bits per heavy atom. The zero-order valence-corrected chi connectivity index (χ0v) is 9.60. The van der Waals surface area contributed by atoms with E-state index in [1.807, 2.05) is 0 Å². The van der Waals surface area contributed by atoms with Crippen molar-refractivity contribution in [3.05, 3.63) is 12.2 Å². The van der Waals surface area contributed by atoms with Crippen LogP contribution in [-0.2, 0) is 5.41 Å². The molecule has 0 saturated carbocycles. The highest BCUT2D eigenvalue weighted by Gasteiger charge is 2.34. The number of hydrogen-bond donors (Lipinski definition) is 2. The molecule has 0 amide bonds. The van der Waals surface area contributed by atoms with Gasteiger partial charge in [0.05, 0.1) is 5.41 Å². The lowest BCUT2D eigenvalue weighted by atomic mass is 9.83. The molecule has 2 aromatic heterocycles. The number of H-pyrrole nitrogens is 1. The van der Waals surface area contributed by atoms with Gasteiger partial charge in [-0.3, -0.25) is 5.10 Å². The Morgan fingerprint density at radius 2 is 2.41 bits per heavy atom. The van der Waals surface area contributed by atoms with Crippen LogP contribution in [-0.4, -0.2) is 38.4 Å². The van der Waals surface area contributed by atoms with E-state index in [-0.39, 0.29) is 5.41 Å². The Bertz CT molecular complexity index is 485. The molecule has 2 aromatic rings. The predicted octanol–water partition coefficient (Wildman–Crippen LogP) is 0.496. The molecule has 17 heavy (non-hydrogen) atoms. The van der Waals surface area contributed by atoms with Crippen LogP contribution in [0.3, 0.4) is 0 Å². The summed E-state index contributed by atoms with van der Waals surface area (Å²) in [5.74, 6) is 1.66. The van der Waals surface area contributed by atoms with Crippen molar-refractivity contribution in [2.24, 2.45) is 0 Å². The van der Waals surface area contributed by atoms with Gasteiger partial charge in [0.1, 0.15) is 6.33 Å². The molecule has 2 N–H and O–H groups in total. The van der Waals surface area contributed by atoms with Gasteiger partial charge in [0, 0.05) is 6.54 Å². The van der Waals surface area contributed by atoms with Gasteiger partial charge in [0.2, 0.25) is 11.7 Å². The van der Waals surface area contributed by atoms with Gasteiger partial charge in [-0.25, -0.2) is 4.98 Å². The van der Waals surface area contributed by atoms with E-state index >= 15 is 0 Å². The fourth-order valence-electron chi connectivity index (χ4n) is 2.12. The van der Waals surface area contributed by atoms with E-state index in [4.69, 9.17) is 4.52 Å². The summed E-state index contributed by atoms with van der Waals surface area (Å²) < 4.78 is 5.34. The molecule has 1 saturated heterocycles. The number of hydrogen-bond acceptors (Lipinski definition) is 6. The van der Waals surface area contributed by atoms with E-state index in [1.165, 1.54) is 6.33 Å². The first kappa shape index (κ1) is 10.4. The largest absolute Gasteiger partial charge is 0.338 e. The third-order valence-electron chi connectivity index (χ3n) is 3.17. The van der Waals surface area contributed by atoms with Gasteiger partial charge in [-0.15, -0.1) is 0 Å². The Hall–Kier alpha value is -1.76. The first-order valence-corrected chi connectivity index (χ1v) is 5.69. The SMILES string of the molecule is CC1(c2nc(-c3ncn[nH]3)no2)CCCNC1. The molecule has 1 aliphatic heterocycles. The van der Waals surface area contributed by atoms with Crippen LogP contribution in [0.4, 0.5) is 0 Å². The van der Waals surface area contributed by atoms with Crippen LogP contribution in [0.25, 0.3) is 11.6 Å². The summed E-state index contributed by atoms with van der Waals surface area (Å²) in [5, 5.41) is 13.8. The molecular weight excluding hydrogens is 220 g/mol. The molecule has 0 bridgehead atoms. The smallest absolute Gasteiger partial charge is 0.239 e. The molecule has 1 fully saturated rings. The molecule has 1 aliphatic rings. The Balaban J connectivity index is 1.89. The fourth-order valence-corrected chi connectivity index (χ4v) is 2.12. The van der Waals surface area contributed by atoms with Gasteiger partial charge < -0.3 is 9.84 Å². The average Bonchev–Trinajstić information content (AvgIpc) is 3.01. The minimum atomic E-state index is -0.0798. The maximum atomic E-state index is 5.34. The van der Waals surface area contributed by atoms with Crippen LogP contribution in [0, 0.1) is 0 Å². The van der Waals surface area contributed by atoms with Crippen LogP contribution >= 0.6 is 0 Å². The summed E-state index contributed by atoms with van der Waals surface area (Å²) >= 11 is 0. The molecule has 1 atom stereocenters. The van der Waals surface area contributed by atoms with Crippen molar-refractivity contribution in [2.75, 3.05) is 13.1 Å². The van der Waals surface area contributed by atoms with Crippen LogP contribution < -0.4 is 5.32 Å². The van der Waals surface area contributed by atoms with Crippen molar-refractivity contribution in [3.63, 3.8) is 0 Å². The summed E-state index contributed by atoms with van der Waals surface area (Å²) in [7, 11) is 0. The molecule has 1 unspecified atom stereocenters. The minimum absolute atomic E-state index is 0.0798. The van der Waals surface area contributed by atoms with Crippen molar-refractivity contribution >= 4 is 0 Å². The van der Waals surface area contributed by atoms with Gasteiger partial charge in [-0.2, -0.15) is 10.1 Å². The number of aromatic amines is 1. The van der Waals surface area contributed by atoms with E-state index in [9.17, 15) is 0 Å². The highest BCUT2D eigenvalue weighted by Crippen LogP contribution is 2.30. The zero-order valence-electron chi connectivity index (χ0n) is 9.60. The monoisotopic (exact) mass is 234 g/mol. The van der Waals surface area contributed by atoms with Gasteiger partial charge in [-0.05, 0) is 26.3 Å². The molecule has 0 spiro atoms. The second kappa shape index (κ2) is 3.92. The standard InChI is InChI=1S/C10H14N6O/c1-10(3-2-4-11-5-10)9-14-8(16-17-9)7-12-6-13-15-7/h6,11H,2-5H2,1H3,(H,12,13,15). The van der Waals surface area contributed by atoms with E-state index in [1.54, 1.807) is 0 Å². The van der Waals surface area contributed by atoms with Crippen LogP contribution in [0.1, 0.15) is 25.7 Å². The summed E-state index contributed by atoms with van der Waals surface area (Å²) in [6.07, 6.45) is 3.60. The second-order valence-electron chi connectivity index (χ2n) is 4.60. The van der Waals surface area contributed by atoms with Crippen molar-refractivity contribution in [3.8, 4) is 11.6 Å². The average molecular weight is 234 g/mol. The molecule has 0 aromatic carbocycles. The quantitative estimate of drug-likeness (QED) is 0.785. The predicted molar refractivity (Wildman–Crippen MR) is 59.1 cm³/mol. The lowest BCUT2D eigenvalue weighted by molar-refractivity contribution is 0.245. The van der Waals surface area contributed by atoms with E-state index in [2.05, 4.69) is 37.6 Å². The van der Waals surface area contributed by atoms with E-state index in [0.717, 1.165) is 25.9 Å². The van der Waals surface area contributed by atoms with E-state index in [0.29, 0.717) is 17.5 Å². The summed E-state index contributed by atoms with van der Waals surface area (Å²) in [4.78, 5) is 8.40. The van der Waals surface area contributed by atoms with E-state index < -0.39 is 0 Å². The van der Waals surface area contributed by atoms with Gasteiger partial charge in [0.25, 0.3) is 0 Å². The lowest BCUT2D eigenvalue weighted by Gasteiger charge is -2.30. The number of rotatable bonds is 2. The number of nitrogens with one attached hydrogen (secondary N) is 2. The molecule has 0 radical (unpaired) electrons. The normalized spacial score (nSPS) is 25.0. The highest BCUT2D eigenvalue weighted by atomic mass is 16.5. The fraction of sp³-hybridized carbons (Fsp3) is 0.600. The third-order valence-corrected chi connectivity index (χ3v) is 3.17. The maximum absolute atomic E-state index is 5.34. The lowest BCUT2D eigenvalue weighted by Crippen LogP contribution is -2.41. The van der Waals surface area contributed by atoms with Gasteiger partial charge in [0.15, 0.2) is 5.82 Å². The zero-order chi connectivity index (χ0) is 11.7.